The molecule has 1 aliphatic rings. The second-order valence-corrected chi connectivity index (χ2v) is 10.4. The molecule has 0 unspecified atom stereocenters. The smallest absolute Gasteiger partial charge is 0.147 e. The molecule has 4 aromatic rings. The minimum Gasteiger partial charge on any atom is -0.334 e. The molecule has 5 rings (SSSR count). The van der Waals surface area contributed by atoms with E-state index in [4.69, 9.17) is 0 Å². The topological polar surface area (TPSA) is 3.24 Å². The van der Waals surface area contributed by atoms with Gasteiger partial charge in [0.05, 0.1) is 5.69 Å². The zero-order chi connectivity index (χ0) is 23.4. The van der Waals surface area contributed by atoms with Crippen LogP contribution in [-0.2, 0) is 5.41 Å². The predicted octanol–water partition coefficient (Wildman–Crippen LogP) is 8.74. The number of fused-ring (bicyclic) bond motifs is 3. The van der Waals surface area contributed by atoms with Gasteiger partial charge in [0.1, 0.15) is 5.82 Å². The van der Waals surface area contributed by atoms with Crippen molar-refractivity contribution in [3.05, 3.63) is 108 Å². The average Bonchev–Trinajstić information content (AvgIpc) is 3.01. The fourth-order valence-electron chi connectivity index (χ4n) is 5.22. The summed E-state index contributed by atoms with van der Waals surface area (Å²) in [6.45, 7) is 10.9. The third-order valence-corrected chi connectivity index (χ3v) is 6.77. The van der Waals surface area contributed by atoms with Crippen molar-refractivity contribution in [1.29, 1.82) is 0 Å². The van der Waals surface area contributed by atoms with Gasteiger partial charge in [-0.1, -0.05) is 80.6 Å². The van der Waals surface area contributed by atoms with Gasteiger partial charge in [-0.15, -0.1) is 0 Å². The molecule has 0 aliphatic heterocycles. The maximum absolute atomic E-state index is 15.8. The molecule has 0 fully saturated rings. The maximum Gasteiger partial charge on any atom is 0.147 e. The van der Waals surface area contributed by atoms with E-state index >= 15 is 4.39 Å². The van der Waals surface area contributed by atoms with Gasteiger partial charge in [0.15, 0.2) is 0 Å². The second kappa shape index (κ2) is 7.59. The SMILES string of the molecule is CC1(C)c2ccccc2-c2cc(F)c(N(c3cccc(-c4ccccc4)c3)C(C)(C)C)cc21. The van der Waals surface area contributed by atoms with Crippen molar-refractivity contribution in [2.24, 2.45) is 0 Å². The van der Waals surface area contributed by atoms with Crippen LogP contribution in [0.4, 0.5) is 15.8 Å². The summed E-state index contributed by atoms with van der Waals surface area (Å²) in [5.74, 6) is -0.193. The van der Waals surface area contributed by atoms with Gasteiger partial charge in [-0.25, -0.2) is 4.39 Å². The second-order valence-electron chi connectivity index (χ2n) is 10.4. The summed E-state index contributed by atoms with van der Waals surface area (Å²) in [5.41, 5.74) is 7.95. The lowest BCUT2D eigenvalue weighted by molar-refractivity contribution is 0.540. The minimum atomic E-state index is -0.319. The Labute approximate surface area is 196 Å². The van der Waals surface area contributed by atoms with Gasteiger partial charge in [0.2, 0.25) is 0 Å². The average molecular weight is 436 g/mol. The van der Waals surface area contributed by atoms with Crippen molar-refractivity contribution in [2.75, 3.05) is 4.90 Å². The first-order valence-corrected chi connectivity index (χ1v) is 11.6. The molecular weight excluding hydrogens is 405 g/mol. The summed E-state index contributed by atoms with van der Waals surface area (Å²) in [4.78, 5) is 2.13. The van der Waals surface area contributed by atoms with E-state index in [9.17, 15) is 0 Å². The molecule has 0 radical (unpaired) electrons. The Balaban J connectivity index is 1.68. The number of hydrogen-bond acceptors (Lipinski definition) is 1. The van der Waals surface area contributed by atoms with Crippen LogP contribution in [0.2, 0.25) is 0 Å². The number of halogens is 1. The fourth-order valence-corrected chi connectivity index (χ4v) is 5.22. The zero-order valence-electron chi connectivity index (χ0n) is 20.0. The summed E-state index contributed by atoms with van der Waals surface area (Å²) in [6, 6.07) is 30.9. The zero-order valence-corrected chi connectivity index (χ0v) is 20.0. The van der Waals surface area contributed by atoms with Gasteiger partial charge in [0, 0.05) is 16.6 Å². The normalized spacial score (nSPS) is 14.0. The van der Waals surface area contributed by atoms with Crippen molar-refractivity contribution >= 4 is 11.4 Å². The van der Waals surface area contributed by atoms with Gasteiger partial charge in [-0.3, -0.25) is 0 Å². The van der Waals surface area contributed by atoms with Gasteiger partial charge >= 0.3 is 0 Å². The summed E-state index contributed by atoms with van der Waals surface area (Å²) < 4.78 is 15.8. The van der Waals surface area contributed by atoms with Crippen LogP contribution >= 0.6 is 0 Å². The molecule has 0 atom stereocenters. The first kappa shape index (κ1) is 21.5. The highest BCUT2D eigenvalue weighted by Crippen LogP contribution is 2.51. The largest absolute Gasteiger partial charge is 0.334 e. The maximum atomic E-state index is 15.8. The summed E-state index contributed by atoms with van der Waals surface area (Å²) >= 11 is 0. The molecule has 166 valence electrons. The van der Waals surface area contributed by atoms with E-state index in [0.717, 1.165) is 27.9 Å². The van der Waals surface area contributed by atoms with Crippen LogP contribution in [0.5, 0.6) is 0 Å². The van der Waals surface area contributed by atoms with E-state index in [1.54, 1.807) is 6.07 Å². The van der Waals surface area contributed by atoms with Crippen molar-refractivity contribution in [3.8, 4) is 22.3 Å². The number of anilines is 2. The van der Waals surface area contributed by atoms with Crippen LogP contribution in [0.3, 0.4) is 0 Å². The van der Waals surface area contributed by atoms with Crippen molar-refractivity contribution in [2.45, 2.75) is 45.6 Å². The van der Waals surface area contributed by atoms with Crippen LogP contribution in [-0.4, -0.2) is 5.54 Å². The molecule has 0 saturated carbocycles. The molecule has 0 N–H and O–H groups in total. The highest BCUT2D eigenvalue weighted by molar-refractivity contribution is 5.84. The number of nitrogens with zero attached hydrogens (tertiary/aromatic N) is 1. The number of benzene rings is 4. The molecule has 1 nitrogen and oxygen atoms in total. The molecule has 2 heteroatoms. The summed E-state index contributed by atoms with van der Waals surface area (Å²) in [5, 5.41) is 0. The highest BCUT2D eigenvalue weighted by atomic mass is 19.1. The molecule has 0 amide bonds. The van der Waals surface area contributed by atoms with E-state index in [-0.39, 0.29) is 16.8 Å². The standard InChI is InChI=1S/C31H30FN/c1-30(2,3)33(23-15-11-14-22(18-23)21-12-7-6-8-13-21)29-20-27-25(19-28(29)32)24-16-9-10-17-26(24)31(27,4)5/h6-20H,1-5H3. The van der Waals surface area contributed by atoms with Crippen LogP contribution in [0.25, 0.3) is 22.3 Å². The van der Waals surface area contributed by atoms with Crippen molar-refractivity contribution in [3.63, 3.8) is 0 Å². The first-order chi connectivity index (χ1) is 15.7. The van der Waals surface area contributed by atoms with Crippen molar-refractivity contribution < 1.29 is 4.39 Å². The van der Waals surface area contributed by atoms with Crippen LogP contribution in [0.15, 0.2) is 91.0 Å². The molecule has 4 aromatic carbocycles. The van der Waals surface area contributed by atoms with Gasteiger partial charge in [-0.05, 0) is 78.4 Å². The lowest BCUT2D eigenvalue weighted by Gasteiger charge is -2.39. The van der Waals surface area contributed by atoms with Crippen LogP contribution < -0.4 is 4.90 Å². The van der Waals surface area contributed by atoms with Crippen LogP contribution in [0, 0.1) is 5.82 Å². The molecule has 1 aliphatic carbocycles. The van der Waals surface area contributed by atoms with Gasteiger partial charge in [0.25, 0.3) is 0 Å². The minimum absolute atomic E-state index is 0.177. The van der Waals surface area contributed by atoms with E-state index in [0.29, 0.717) is 5.69 Å². The lowest BCUT2D eigenvalue weighted by atomic mass is 9.82. The summed E-state index contributed by atoms with van der Waals surface area (Å²) in [7, 11) is 0. The first-order valence-electron chi connectivity index (χ1n) is 11.6. The third kappa shape index (κ3) is 3.54. The number of hydrogen-bond donors (Lipinski definition) is 0. The lowest BCUT2D eigenvalue weighted by Crippen LogP contribution is -2.38. The van der Waals surface area contributed by atoms with E-state index in [1.807, 2.05) is 24.3 Å². The molecule has 0 bridgehead atoms. The van der Waals surface area contributed by atoms with Crippen molar-refractivity contribution in [1.82, 2.24) is 0 Å². The Morgan fingerprint density at radius 1 is 0.667 bits per heavy atom. The predicted molar refractivity (Wildman–Crippen MR) is 138 cm³/mol. The van der Waals surface area contributed by atoms with E-state index in [1.165, 1.54) is 11.1 Å². The van der Waals surface area contributed by atoms with E-state index in [2.05, 4.69) is 100 Å². The Bertz CT molecular complexity index is 1330. The third-order valence-electron chi connectivity index (χ3n) is 6.77. The molecule has 0 aromatic heterocycles. The Morgan fingerprint density at radius 2 is 1.33 bits per heavy atom. The Morgan fingerprint density at radius 3 is 2.06 bits per heavy atom. The fraction of sp³-hybridized carbons (Fsp3) is 0.226. The highest BCUT2D eigenvalue weighted by Gasteiger charge is 2.37. The van der Waals surface area contributed by atoms with Gasteiger partial charge < -0.3 is 4.90 Å². The molecular formula is C31H30FN. The molecule has 0 saturated heterocycles. The Kier molecular flexibility index (Phi) is 4.93. The Hall–Kier alpha value is -3.39. The van der Waals surface area contributed by atoms with Gasteiger partial charge in [-0.2, -0.15) is 0 Å². The quantitative estimate of drug-likeness (QED) is 0.311. The van der Waals surface area contributed by atoms with Crippen LogP contribution in [0.1, 0.15) is 45.7 Å². The molecule has 0 spiro atoms. The monoisotopic (exact) mass is 435 g/mol. The molecule has 33 heavy (non-hydrogen) atoms. The molecule has 0 heterocycles. The number of rotatable bonds is 3. The van der Waals surface area contributed by atoms with E-state index < -0.39 is 0 Å². The summed E-state index contributed by atoms with van der Waals surface area (Å²) in [6.07, 6.45) is 0.